The minimum atomic E-state index is 0.0409. The van der Waals surface area contributed by atoms with Gasteiger partial charge in [-0.2, -0.15) is 0 Å². The number of halogens is 2. The lowest BCUT2D eigenvalue weighted by atomic mass is 9.95. The third kappa shape index (κ3) is 1.75. The Balaban J connectivity index is 1.87. The second-order valence-electron chi connectivity index (χ2n) is 5.32. The smallest absolute Gasteiger partial charge is 0.117 e. The summed E-state index contributed by atoms with van der Waals surface area (Å²) in [7, 11) is 0. The highest BCUT2D eigenvalue weighted by Crippen LogP contribution is 2.52. The van der Waals surface area contributed by atoms with Crippen LogP contribution in [0.15, 0.2) is 42.5 Å². The summed E-state index contributed by atoms with van der Waals surface area (Å²) in [5.41, 5.74) is 3.17. The third-order valence-electron chi connectivity index (χ3n) is 4.05. The molecule has 4 heteroatoms. The van der Waals surface area contributed by atoms with Gasteiger partial charge in [0.2, 0.25) is 0 Å². The van der Waals surface area contributed by atoms with E-state index in [1.165, 1.54) is 5.56 Å². The lowest BCUT2D eigenvalue weighted by molar-refractivity contribution is 0.779. The maximum Gasteiger partial charge on any atom is 0.117 e. The molecule has 4 rings (SSSR count). The number of benzene rings is 2. The topological polar surface area (TPSA) is 28.7 Å². The molecule has 0 radical (unpaired) electrons. The van der Waals surface area contributed by atoms with Crippen LogP contribution >= 0.6 is 23.2 Å². The molecule has 0 aliphatic heterocycles. The molecule has 1 N–H and O–H groups in total. The van der Waals surface area contributed by atoms with E-state index in [1.54, 1.807) is 0 Å². The summed E-state index contributed by atoms with van der Waals surface area (Å²) in [4.78, 5) is 8.14. The summed E-state index contributed by atoms with van der Waals surface area (Å²) >= 11 is 12.1. The van der Waals surface area contributed by atoms with Gasteiger partial charge in [-0.3, -0.25) is 0 Å². The van der Waals surface area contributed by atoms with Crippen molar-refractivity contribution in [3.05, 3.63) is 63.9 Å². The number of imidazole rings is 1. The van der Waals surface area contributed by atoms with E-state index in [1.807, 2.05) is 18.2 Å². The molecule has 0 unspecified atom stereocenters. The normalized spacial score (nSPS) is 16.5. The van der Waals surface area contributed by atoms with Crippen LogP contribution in [-0.2, 0) is 5.41 Å². The second kappa shape index (κ2) is 4.24. The molecule has 2 aromatic carbocycles. The van der Waals surface area contributed by atoms with Crippen molar-refractivity contribution in [2.24, 2.45) is 0 Å². The molecule has 100 valence electrons. The van der Waals surface area contributed by atoms with Gasteiger partial charge in [0.25, 0.3) is 0 Å². The van der Waals surface area contributed by atoms with Gasteiger partial charge in [-0.15, -0.1) is 0 Å². The minimum absolute atomic E-state index is 0.0409. The standard InChI is InChI=1S/C16H12Cl2N2/c17-11-8-13-14(9-12(11)18)20-15(19-13)16(6-7-16)10-4-2-1-3-5-10/h1-5,8-9H,6-7H2,(H,19,20). The van der Waals surface area contributed by atoms with Gasteiger partial charge in [-0.05, 0) is 30.5 Å². The van der Waals surface area contributed by atoms with E-state index in [0.717, 1.165) is 29.7 Å². The zero-order valence-corrected chi connectivity index (χ0v) is 12.2. The molecular weight excluding hydrogens is 291 g/mol. The second-order valence-corrected chi connectivity index (χ2v) is 6.13. The molecule has 1 heterocycles. The Labute approximate surface area is 126 Å². The number of fused-ring (bicyclic) bond motifs is 1. The first-order chi connectivity index (χ1) is 9.69. The van der Waals surface area contributed by atoms with Crippen molar-refractivity contribution in [1.82, 2.24) is 9.97 Å². The van der Waals surface area contributed by atoms with Gasteiger partial charge >= 0.3 is 0 Å². The predicted molar refractivity (Wildman–Crippen MR) is 82.6 cm³/mol. The summed E-state index contributed by atoms with van der Waals surface area (Å²) < 4.78 is 0. The van der Waals surface area contributed by atoms with Crippen LogP contribution in [0.2, 0.25) is 10.0 Å². The molecule has 1 fully saturated rings. The molecule has 0 bridgehead atoms. The highest BCUT2D eigenvalue weighted by molar-refractivity contribution is 6.42. The number of nitrogens with zero attached hydrogens (tertiary/aromatic N) is 1. The monoisotopic (exact) mass is 302 g/mol. The average Bonchev–Trinajstić information content (AvgIpc) is 3.18. The molecule has 3 aromatic rings. The van der Waals surface area contributed by atoms with Crippen molar-refractivity contribution in [2.75, 3.05) is 0 Å². The quantitative estimate of drug-likeness (QED) is 0.713. The highest BCUT2D eigenvalue weighted by Gasteiger charge is 2.48. The maximum atomic E-state index is 6.06. The number of aromatic amines is 1. The number of hydrogen-bond donors (Lipinski definition) is 1. The van der Waals surface area contributed by atoms with Crippen molar-refractivity contribution >= 4 is 34.2 Å². The van der Waals surface area contributed by atoms with Crippen LogP contribution in [-0.4, -0.2) is 9.97 Å². The zero-order chi connectivity index (χ0) is 13.7. The average molecular weight is 303 g/mol. The number of nitrogens with one attached hydrogen (secondary N) is 1. The van der Waals surface area contributed by atoms with Gasteiger partial charge in [-0.25, -0.2) is 4.98 Å². The van der Waals surface area contributed by atoms with E-state index in [0.29, 0.717) is 10.0 Å². The molecule has 20 heavy (non-hydrogen) atoms. The fraction of sp³-hybridized carbons (Fsp3) is 0.188. The first-order valence-electron chi connectivity index (χ1n) is 6.60. The van der Waals surface area contributed by atoms with E-state index in [4.69, 9.17) is 28.2 Å². The molecule has 1 aliphatic rings. The van der Waals surface area contributed by atoms with Crippen molar-refractivity contribution in [2.45, 2.75) is 18.3 Å². The van der Waals surface area contributed by atoms with Gasteiger partial charge in [0.15, 0.2) is 0 Å². The van der Waals surface area contributed by atoms with Gasteiger partial charge in [0, 0.05) is 0 Å². The largest absolute Gasteiger partial charge is 0.341 e. The molecule has 1 aliphatic carbocycles. The molecule has 1 saturated carbocycles. The van der Waals surface area contributed by atoms with Crippen LogP contribution in [0.4, 0.5) is 0 Å². The van der Waals surface area contributed by atoms with Crippen molar-refractivity contribution in [3.8, 4) is 0 Å². The van der Waals surface area contributed by atoms with Gasteiger partial charge in [0.1, 0.15) is 5.82 Å². The van der Waals surface area contributed by atoms with E-state index in [2.05, 4.69) is 29.2 Å². The van der Waals surface area contributed by atoms with Crippen molar-refractivity contribution in [3.63, 3.8) is 0 Å². The van der Waals surface area contributed by atoms with Gasteiger partial charge in [-0.1, -0.05) is 53.5 Å². The predicted octanol–water partition coefficient (Wildman–Crippen LogP) is 4.95. The number of H-pyrrole nitrogens is 1. The maximum absolute atomic E-state index is 6.06. The number of hydrogen-bond acceptors (Lipinski definition) is 1. The Bertz CT molecular complexity index is 750. The van der Waals surface area contributed by atoms with E-state index in [-0.39, 0.29) is 5.41 Å². The fourth-order valence-electron chi connectivity index (χ4n) is 2.78. The summed E-state index contributed by atoms with van der Waals surface area (Å²) in [5.74, 6) is 1.01. The Morgan fingerprint density at radius 1 is 1.00 bits per heavy atom. The fourth-order valence-corrected chi connectivity index (χ4v) is 3.10. The number of rotatable bonds is 2. The van der Waals surface area contributed by atoms with Crippen LogP contribution in [0.3, 0.4) is 0 Å². The molecule has 0 atom stereocenters. The van der Waals surface area contributed by atoms with Crippen molar-refractivity contribution < 1.29 is 0 Å². The minimum Gasteiger partial charge on any atom is -0.341 e. The Morgan fingerprint density at radius 2 is 1.70 bits per heavy atom. The summed E-state index contributed by atoms with van der Waals surface area (Å²) in [5, 5.41) is 1.10. The lowest BCUT2D eigenvalue weighted by Crippen LogP contribution is -2.10. The number of aromatic nitrogens is 2. The molecule has 1 aromatic heterocycles. The van der Waals surface area contributed by atoms with E-state index < -0.39 is 0 Å². The zero-order valence-electron chi connectivity index (χ0n) is 10.7. The van der Waals surface area contributed by atoms with E-state index >= 15 is 0 Å². The molecule has 2 nitrogen and oxygen atoms in total. The summed E-state index contributed by atoms with van der Waals surface area (Å²) in [6.45, 7) is 0. The van der Waals surface area contributed by atoms with Crippen molar-refractivity contribution in [1.29, 1.82) is 0 Å². The summed E-state index contributed by atoms with van der Waals surface area (Å²) in [6, 6.07) is 14.2. The first kappa shape index (κ1) is 12.2. The molecule has 0 spiro atoms. The van der Waals surface area contributed by atoms with Crippen LogP contribution in [0.1, 0.15) is 24.2 Å². The van der Waals surface area contributed by atoms with Gasteiger partial charge in [0.05, 0.1) is 26.5 Å². The highest BCUT2D eigenvalue weighted by atomic mass is 35.5. The Kier molecular flexibility index (Phi) is 2.60. The van der Waals surface area contributed by atoms with E-state index in [9.17, 15) is 0 Å². The Hall–Kier alpha value is -1.51. The summed E-state index contributed by atoms with van der Waals surface area (Å²) in [6.07, 6.45) is 2.25. The van der Waals surface area contributed by atoms with Crippen LogP contribution in [0.5, 0.6) is 0 Å². The lowest BCUT2D eigenvalue weighted by Gasteiger charge is -2.12. The van der Waals surface area contributed by atoms with Crippen LogP contribution in [0.25, 0.3) is 11.0 Å². The molecular formula is C16H12Cl2N2. The van der Waals surface area contributed by atoms with Gasteiger partial charge < -0.3 is 4.98 Å². The Morgan fingerprint density at radius 3 is 2.40 bits per heavy atom. The van der Waals surface area contributed by atoms with Crippen LogP contribution < -0.4 is 0 Å². The third-order valence-corrected chi connectivity index (χ3v) is 4.78. The van der Waals surface area contributed by atoms with Crippen LogP contribution in [0, 0.1) is 0 Å². The molecule has 0 saturated heterocycles. The molecule has 0 amide bonds. The SMILES string of the molecule is Clc1cc2nc(C3(c4ccccc4)CC3)[nH]c2cc1Cl. The first-order valence-corrected chi connectivity index (χ1v) is 7.35.